The zero-order chi connectivity index (χ0) is 72.7. The van der Waals surface area contributed by atoms with Gasteiger partial charge < -0.3 is 65.6 Å². The molecule has 1 rings (SSSR count). The number of carbonyl (C=O) groups is 11. The van der Waals surface area contributed by atoms with E-state index in [9.17, 15) is 24.3 Å². The van der Waals surface area contributed by atoms with Gasteiger partial charge in [-0.15, -0.1) is 0 Å². The summed E-state index contributed by atoms with van der Waals surface area (Å²) in [5.41, 5.74) is 0. The molecule has 540 valence electrons. The predicted octanol–water partition coefficient (Wildman–Crippen LogP) is 4.71. The Bertz CT molecular complexity index is 2530. The number of nitrogens with zero attached hydrogens (tertiary/aromatic N) is 8. The molecule has 1 aliphatic rings. The highest BCUT2D eigenvalue weighted by Crippen LogP contribution is 2.27. The second kappa shape index (κ2) is 40.7. The molecule has 0 bridgehead atoms. The number of nitrogens with one attached hydrogen (secondary N) is 4. The van der Waals surface area contributed by atoms with Gasteiger partial charge in [-0.1, -0.05) is 129 Å². The predicted molar refractivity (Wildman–Crippen MR) is 372 cm³/mol. The number of rotatable bonds is 22. The topological polar surface area (TPSA) is 282 Å². The molecule has 94 heavy (non-hydrogen) atoms. The SMILES string of the molecule is C/C=C/C[C@@H](C)[C@@H](O)[C@H]1C(=O)N[C@@H](CC)C(=O)N(C)[C@H](CSCCN(CC)CC)C(=O)N(C)[C@@H](C(C)CC)C(=O)N[C@@H](C(C)C)C(=O)N(C)[C@@H](CC(C)C)C(=O)N[C@@H](C)C(=O)N[C@H](C)C(=O)N(C)[C@@H](CC(C)C)C(=O)N(C)[C@@H](CC(C)C)C(=O)N(C)[C@@H](C(C)C)C(=O)N1C. The molecule has 0 aromatic heterocycles. The van der Waals surface area contributed by atoms with Crippen molar-refractivity contribution in [3.63, 3.8) is 0 Å². The van der Waals surface area contributed by atoms with E-state index in [1.54, 1.807) is 54.5 Å². The Morgan fingerprint density at radius 2 is 0.915 bits per heavy atom. The van der Waals surface area contributed by atoms with E-state index >= 15 is 33.6 Å². The average molecular weight is 1350 g/mol. The van der Waals surface area contributed by atoms with Crippen molar-refractivity contribution < 1.29 is 57.8 Å². The first-order valence-corrected chi connectivity index (χ1v) is 35.5. The van der Waals surface area contributed by atoms with Crippen molar-refractivity contribution in [3.05, 3.63) is 12.2 Å². The van der Waals surface area contributed by atoms with Crippen molar-refractivity contribution in [2.75, 3.05) is 80.5 Å². The smallest absolute Gasteiger partial charge is 0.246 e. The Kier molecular flexibility index (Phi) is 37.3. The highest BCUT2D eigenvalue weighted by atomic mass is 32.2. The molecular weight excluding hydrogens is 1220 g/mol. The lowest BCUT2D eigenvalue weighted by molar-refractivity contribution is -0.157. The second-order valence-corrected chi connectivity index (χ2v) is 29.2. The first-order chi connectivity index (χ1) is 43.7. The summed E-state index contributed by atoms with van der Waals surface area (Å²) >= 11 is 1.44. The molecule has 1 saturated heterocycles. The third kappa shape index (κ3) is 24.1. The molecule has 0 aliphatic carbocycles. The quantitative estimate of drug-likeness (QED) is 0.0726. The molecule has 11 amide bonds. The van der Waals surface area contributed by atoms with Crippen LogP contribution >= 0.6 is 11.8 Å². The molecule has 14 atom stereocenters. The van der Waals surface area contributed by atoms with E-state index in [0.29, 0.717) is 25.1 Å². The van der Waals surface area contributed by atoms with E-state index in [2.05, 4.69) is 26.2 Å². The van der Waals surface area contributed by atoms with Gasteiger partial charge in [0, 0.05) is 67.4 Å². The van der Waals surface area contributed by atoms with Crippen molar-refractivity contribution in [1.29, 1.82) is 0 Å². The molecule has 24 nitrogen and oxygen atoms in total. The molecule has 0 radical (unpaired) electrons. The Labute approximate surface area is 569 Å². The van der Waals surface area contributed by atoms with Gasteiger partial charge in [-0.25, -0.2) is 0 Å². The number of thioether (sulfide) groups is 1. The van der Waals surface area contributed by atoms with Crippen LogP contribution in [0.1, 0.15) is 170 Å². The summed E-state index contributed by atoms with van der Waals surface area (Å²) in [4.78, 5) is 175. The normalized spacial score (nSPS) is 26.6. The van der Waals surface area contributed by atoms with Crippen molar-refractivity contribution in [1.82, 2.24) is 60.5 Å². The summed E-state index contributed by atoms with van der Waals surface area (Å²) in [6.07, 6.45) is 3.28. The third-order valence-corrected chi connectivity index (χ3v) is 19.5. The summed E-state index contributed by atoms with van der Waals surface area (Å²) in [6, 6.07) is -13.7. The maximum atomic E-state index is 15.4. The lowest BCUT2D eigenvalue weighted by Gasteiger charge is -2.41. The van der Waals surface area contributed by atoms with Crippen LogP contribution in [0.3, 0.4) is 0 Å². The van der Waals surface area contributed by atoms with Gasteiger partial charge in [-0.2, -0.15) is 11.8 Å². The van der Waals surface area contributed by atoms with Crippen molar-refractivity contribution in [2.45, 2.75) is 243 Å². The molecule has 1 fully saturated rings. The van der Waals surface area contributed by atoms with E-state index in [-0.39, 0.29) is 49.2 Å². The molecular formula is C69H126N12O12S. The summed E-state index contributed by atoms with van der Waals surface area (Å²) in [5, 5.41) is 23.5. The molecule has 5 N–H and O–H groups in total. The third-order valence-electron chi connectivity index (χ3n) is 18.5. The molecule has 0 saturated carbocycles. The maximum Gasteiger partial charge on any atom is 0.246 e. The van der Waals surface area contributed by atoms with E-state index in [4.69, 9.17) is 0 Å². The summed E-state index contributed by atoms with van der Waals surface area (Å²) < 4.78 is 0. The number of hydrogen-bond acceptors (Lipinski definition) is 14. The summed E-state index contributed by atoms with van der Waals surface area (Å²) in [6.45, 7) is 36.4. The lowest BCUT2D eigenvalue weighted by Crippen LogP contribution is -2.64. The van der Waals surface area contributed by atoms with Crippen LogP contribution in [-0.4, -0.2) is 262 Å². The van der Waals surface area contributed by atoms with Crippen molar-refractivity contribution in [2.24, 2.45) is 41.4 Å². The van der Waals surface area contributed by atoms with Gasteiger partial charge in [0.15, 0.2) is 0 Å². The van der Waals surface area contributed by atoms with E-state index in [0.717, 1.165) is 18.0 Å². The van der Waals surface area contributed by atoms with Gasteiger partial charge in [0.2, 0.25) is 65.0 Å². The minimum atomic E-state index is -1.63. The number of allylic oxidation sites excluding steroid dienone is 2. The van der Waals surface area contributed by atoms with Gasteiger partial charge in [-0.3, -0.25) is 52.7 Å². The van der Waals surface area contributed by atoms with Gasteiger partial charge in [0.05, 0.1) is 6.10 Å². The van der Waals surface area contributed by atoms with Crippen LogP contribution in [0.5, 0.6) is 0 Å². The number of likely N-dealkylation sites (N-methyl/N-ethyl adjacent to an activating group) is 7. The number of amides is 11. The van der Waals surface area contributed by atoms with Crippen LogP contribution in [0.15, 0.2) is 12.2 Å². The highest BCUT2D eigenvalue weighted by Gasteiger charge is 2.47. The summed E-state index contributed by atoms with van der Waals surface area (Å²) in [7, 11) is 10.1. The van der Waals surface area contributed by atoms with Gasteiger partial charge in [-0.05, 0) is 107 Å². The molecule has 0 aromatic rings. The molecule has 25 heteroatoms. The largest absolute Gasteiger partial charge is 0.390 e. The summed E-state index contributed by atoms with van der Waals surface area (Å²) in [5.74, 6) is -9.38. The van der Waals surface area contributed by atoms with Gasteiger partial charge in [0.25, 0.3) is 0 Å². The van der Waals surface area contributed by atoms with E-state index in [1.807, 2.05) is 75.3 Å². The standard InChI is InChI=1S/C69H126N12O12S/c1-27-32-33-46(17)58(82)57-62(86)72-49(29-3)64(88)77(23)53(39-94-35-34-81(30-4)31-5)67(91)79(25)56(45(16)28-2)61(85)73-54(43(12)13)68(92)74(20)50(36-40(6)7)60(84)70-47(18)59(83)71-48(19)63(87)75(21)51(37-41(8)9)65(89)76(22)52(38-42(10)11)66(90)78(24)55(44(14)15)69(93)80(57)26/h27,32,40-58,82H,28-31,33-39H2,1-26H3,(H,70,84)(H,71,83)(H,72,86)(H,73,85)/b32-27+/t45?,46-,47+,48-,49+,50+,51+,52+,53-,54+,55+,56+,57+,58-/m1/s1. The second-order valence-electron chi connectivity index (χ2n) is 28.1. The number of aliphatic hydroxyl groups is 1. The molecule has 0 aromatic carbocycles. The van der Waals surface area contributed by atoms with E-state index in [1.165, 1.54) is 104 Å². The molecule has 0 spiro atoms. The fourth-order valence-corrected chi connectivity index (χ4v) is 13.2. The Hall–Kier alpha value is -5.82. The van der Waals surface area contributed by atoms with Gasteiger partial charge in [0.1, 0.15) is 66.5 Å². The zero-order valence-corrected chi connectivity index (χ0v) is 63.1. The van der Waals surface area contributed by atoms with Crippen molar-refractivity contribution in [3.8, 4) is 0 Å². The first-order valence-electron chi connectivity index (χ1n) is 34.3. The van der Waals surface area contributed by atoms with Gasteiger partial charge >= 0.3 is 0 Å². The fraction of sp³-hybridized carbons (Fsp3) is 0.812. The van der Waals surface area contributed by atoms with Crippen LogP contribution < -0.4 is 21.3 Å². The fourth-order valence-electron chi connectivity index (χ4n) is 12.0. The maximum absolute atomic E-state index is 15.4. The Morgan fingerprint density at radius 3 is 1.38 bits per heavy atom. The zero-order valence-electron chi connectivity index (χ0n) is 62.3. The Balaban J connectivity index is 4.56. The van der Waals surface area contributed by atoms with E-state index < -0.39 is 161 Å². The number of hydrogen-bond donors (Lipinski definition) is 5. The van der Waals surface area contributed by atoms with Crippen LogP contribution in [0.25, 0.3) is 0 Å². The van der Waals surface area contributed by atoms with Crippen LogP contribution in [0.4, 0.5) is 0 Å². The molecule has 1 aliphatic heterocycles. The lowest BCUT2D eigenvalue weighted by atomic mass is 9.91. The highest BCUT2D eigenvalue weighted by molar-refractivity contribution is 7.99. The van der Waals surface area contributed by atoms with Crippen LogP contribution in [0, 0.1) is 41.4 Å². The average Bonchev–Trinajstić information content (AvgIpc) is 0.823. The molecule has 1 unspecified atom stereocenters. The van der Waals surface area contributed by atoms with Crippen LogP contribution in [-0.2, 0) is 52.7 Å². The monoisotopic (exact) mass is 1350 g/mol. The first kappa shape index (κ1) is 86.2. The minimum absolute atomic E-state index is 0.0103. The minimum Gasteiger partial charge on any atom is -0.390 e. The molecule has 1 heterocycles. The van der Waals surface area contributed by atoms with Crippen LogP contribution in [0.2, 0.25) is 0 Å². The number of carbonyl (C=O) groups excluding carboxylic acids is 11. The van der Waals surface area contributed by atoms with Crippen molar-refractivity contribution >= 4 is 76.7 Å². The Morgan fingerprint density at radius 1 is 0.479 bits per heavy atom. The number of aliphatic hydroxyl groups excluding tert-OH is 1.